The maximum atomic E-state index is 13.3. The number of hydrogen-bond donors (Lipinski definition) is 3. The normalized spacial score (nSPS) is 24.6. The Labute approximate surface area is 240 Å². The third-order valence-corrected chi connectivity index (χ3v) is 9.36. The second-order valence-corrected chi connectivity index (χ2v) is 12.5. The van der Waals surface area contributed by atoms with Gasteiger partial charge in [-0.3, -0.25) is 0 Å². The third kappa shape index (κ3) is 7.78. The van der Waals surface area contributed by atoms with Crippen molar-refractivity contribution in [1.82, 2.24) is 15.1 Å². The van der Waals surface area contributed by atoms with E-state index in [1.807, 2.05) is 65.6 Å². The molecule has 7 heteroatoms. The van der Waals surface area contributed by atoms with Gasteiger partial charge in [-0.25, -0.2) is 9.59 Å². The van der Waals surface area contributed by atoms with Gasteiger partial charge in [0.05, 0.1) is 0 Å². The van der Waals surface area contributed by atoms with Gasteiger partial charge < -0.3 is 25.8 Å². The van der Waals surface area contributed by atoms with Gasteiger partial charge in [-0.2, -0.15) is 0 Å². The molecule has 0 unspecified atom stereocenters. The van der Waals surface area contributed by atoms with E-state index in [0.29, 0.717) is 25.0 Å². The molecule has 0 aliphatic heterocycles. The van der Waals surface area contributed by atoms with E-state index < -0.39 is 0 Å². The molecule has 4 bridgehead atoms. The van der Waals surface area contributed by atoms with Crippen LogP contribution in [0.4, 0.5) is 21.0 Å². The maximum absolute atomic E-state index is 13.3. The molecule has 216 valence electrons. The molecular weight excluding hydrogens is 498 g/mol. The van der Waals surface area contributed by atoms with Crippen molar-refractivity contribution >= 4 is 23.4 Å². The summed E-state index contributed by atoms with van der Waals surface area (Å²) < 4.78 is 0. The number of nitrogens with zero attached hydrogens (tertiary/aromatic N) is 2. The molecule has 0 heterocycles. The Kier molecular flexibility index (Phi) is 9.63. The molecule has 40 heavy (non-hydrogen) atoms. The minimum Gasteiger partial charge on any atom is -0.336 e. The number of hydrogen-bond acceptors (Lipinski definition) is 3. The van der Waals surface area contributed by atoms with Gasteiger partial charge in [0, 0.05) is 37.6 Å². The predicted molar refractivity (Wildman–Crippen MR) is 162 cm³/mol. The van der Waals surface area contributed by atoms with E-state index in [4.69, 9.17) is 0 Å². The Hall–Kier alpha value is -3.06. The lowest BCUT2D eigenvalue weighted by Gasteiger charge is -2.57. The minimum absolute atomic E-state index is 0.131. The molecular formula is C33H47N5O2. The van der Waals surface area contributed by atoms with Crippen LogP contribution in [0, 0.1) is 23.2 Å². The molecule has 0 atom stereocenters. The first-order chi connectivity index (χ1) is 19.5. The average Bonchev–Trinajstić information content (AvgIpc) is 2.93. The van der Waals surface area contributed by atoms with Crippen molar-refractivity contribution in [2.45, 2.75) is 58.3 Å². The van der Waals surface area contributed by atoms with Crippen LogP contribution in [0.3, 0.4) is 0 Å². The van der Waals surface area contributed by atoms with Crippen LogP contribution < -0.4 is 16.0 Å². The Bertz CT molecular complexity index is 1060. The van der Waals surface area contributed by atoms with E-state index in [1.165, 1.54) is 44.9 Å². The summed E-state index contributed by atoms with van der Waals surface area (Å²) in [5.41, 5.74) is 2.09. The van der Waals surface area contributed by atoms with Crippen molar-refractivity contribution < 1.29 is 9.59 Å². The quantitative estimate of drug-likeness (QED) is 0.263. The van der Waals surface area contributed by atoms with E-state index in [2.05, 4.69) is 27.8 Å². The second-order valence-electron chi connectivity index (χ2n) is 12.5. The van der Waals surface area contributed by atoms with Crippen molar-refractivity contribution in [3.05, 3.63) is 60.7 Å². The van der Waals surface area contributed by atoms with Gasteiger partial charge in [0.2, 0.25) is 0 Å². The molecule has 0 aromatic heterocycles. The topological polar surface area (TPSA) is 76.7 Å². The zero-order valence-corrected chi connectivity index (χ0v) is 24.1. The zero-order valence-electron chi connectivity index (χ0n) is 24.1. The summed E-state index contributed by atoms with van der Waals surface area (Å²) in [6.45, 7) is 6.70. The van der Waals surface area contributed by atoms with Crippen LogP contribution in [-0.4, -0.2) is 61.1 Å². The number of anilines is 2. The van der Waals surface area contributed by atoms with Crippen LogP contribution in [0.5, 0.6) is 0 Å². The van der Waals surface area contributed by atoms with Gasteiger partial charge in [-0.1, -0.05) is 43.3 Å². The number of carbonyl (C=O) groups excluding carboxylic acids is 2. The van der Waals surface area contributed by atoms with Gasteiger partial charge in [0.1, 0.15) is 0 Å². The molecule has 0 spiro atoms. The Morgan fingerprint density at radius 2 is 1.32 bits per heavy atom. The fraction of sp³-hybridized carbons (Fsp3) is 0.576. The molecule has 2 aromatic carbocycles. The summed E-state index contributed by atoms with van der Waals surface area (Å²) >= 11 is 0. The van der Waals surface area contributed by atoms with Crippen LogP contribution in [-0.2, 0) is 0 Å². The molecule has 7 nitrogen and oxygen atoms in total. The number of urea groups is 2. The summed E-state index contributed by atoms with van der Waals surface area (Å²) in [7, 11) is 0. The standard InChI is InChI=1S/C33H47N5O2/c1-2-15-37(16-13-33-23-26-20-27(24-33)22-28(21-26)25-33)18-19-38(32(40)36-30-11-7-4-8-12-30)17-14-34-31(39)35-29-9-5-3-6-10-29/h3-12,26-28H,2,13-25H2,1H3,(H,36,40)(H2,34,35,39). The largest absolute Gasteiger partial charge is 0.336 e. The lowest BCUT2D eigenvalue weighted by molar-refractivity contribution is -0.0610. The molecule has 4 aliphatic rings. The molecule has 4 saturated carbocycles. The van der Waals surface area contributed by atoms with Gasteiger partial charge >= 0.3 is 12.1 Å². The van der Waals surface area contributed by atoms with Crippen molar-refractivity contribution in [1.29, 1.82) is 0 Å². The fourth-order valence-electron chi connectivity index (χ4n) is 7.95. The molecule has 0 saturated heterocycles. The number of benzene rings is 2. The van der Waals surface area contributed by atoms with Crippen molar-refractivity contribution in [3.63, 3.8) is 0 Å². The highest BCUT2D eigenvalue weighted by Gasteiger charge is 2.50. The van der Waals surface area contributed by atoms with Gasteiger partial charge in [-0.15, -0.1) is 0 Å². The minimum atomic E-state index is -0.266. The first-order valence-electron chi connectivity index (χ1n) is 15.4. The first kappa shape index (κ1) is 28.5. The van der Waals surface area contributed by atoms with Gasteiger partial charge in [-0.05, 0) is 112 Å². The SMILES string of the molecule is CCCN(CCN(CCNC(=O)Nc1ccccc1)C(=O)Nc1ccccc1)CCC12CC3CC(CC(C3)C1)C2. The number of para-hydroxylation sites is 2. The Balaban J connectivity index is 1.15. The van der Waals surface area contributed by atoms with Gasteiger partial charge in [0.15, 0.2) is 0 Å². The third-order valence-electron chi connectivity index (χ3n) is 9.36. The summed E-state index contributed by atoms with van der Waals surface area (Å²) in [4.78, 5) is 30.1. The Morgan fingerprint density at radius 1 is 0.750 bits per heavy atom. The van der Waals surface area contributed by atoms with Crippen LogP contribution in [0.2, 0.25) is 0 Å². The van der Waals surface area contributed by atoms with Crippen LogP contribution in [0.1, 0.15) is 58.3 Å². The monoisotopic (exact) mass is 545 g/mol. The number of carbonyl (C=O) groups is 2. The van der Waals surface area contributed by atoms with Crippen LogP contribution in [0.15, 0.2) is 60.7 Å². The average molecular weight is 546 g/mol. The molecule has 2 aromatic rings. The molecule has 0 radical (unpaired) electrons. The fourth-order valence-corrected chi connectivity index (χ4v) is 7.95. The summed E-state index contributed by atoms with van der Waals surface area (Å²) in [6.07, 6.45) is 11.2. The highest BCUT2D eigenvalue weighted by molar-refractivity contribution is 5.90. The van der Waals surface area contributed by atoms with Crippen molar-refractivity contribution in [2.75, 3.05) is 49.9 Å². The van der Waals surface area contributed by atoms with E-state index in [-0.39, 0.29) is 12.1 Å². The number of amides is 4. The summed E-state index contributed by atoms with van der Waals surface area (Å²) in [6, 6.07) is 18.6. The molecule has 4 aliphatic carbocycles. The molecule has 3 N–H and O–H groups in total. The van der Waals surface area contributed by atoms with E-state index in [1.54, 1.807) is 0 Å². The zero-order chi connectivity index (χ0) is 27.8. The molecule has 4 amide bonds. The molecule has 6 rings (SSSR count). The van der Waals surface area contributed by atoms with Crippen molar-refractivity contribution in [3.8, 4) is 0 Å². The van der Waals surface area contributed by atoms with Gasteiger partial charge in [0.25, 0.3) is 0 Å². The lowest BCUT2D eigenvalue weighted by atomic mass is 9.49. The smallest absolute Gasteiger partial charge is 0.321 e. The summed E-state index contributed by atoms with van der Waals surface area (Å²) in [5, 5.41) is 8.79. The highest BCUT2D eigenvalue weighted by atomic mass is 16.2. The predicted octanol–water partition coefficient (Wildman–Crippen LogP) is 6.66. The number of rotatable bonds is 13. The maximum Gasteiger partial charge on any atom is 0.321 e. The van der Waals surface area contributed by atoms with E-state index in [0.717, 1.165) is 55.2 Å². The van der Waals surface area contributed by atoms with Crippen LogP contribution in [0.25, 0.3) is 0 Å². The second kappa shape index (κ2) is 13.5. The molecule has 4 fully saturated rings. The van der Waals surface area contributed by atoms with Crippen LogP contribution >= 0.6 is 0 Å². The first-order valence-corrected chi connectivity index (χ1v) is 15.4. The van der Waals surface area contributed by atoms with Crippen molar-refractivity contribution in [2.24, 2.45) is 23.2 Å². The highest BCUT2D eigenvalue weighted by Crippen LogP contribution is 2.61. The Morgan fingerprint density at radius 3 is 1.90 bits per heavy atom. The lowest BCUT2D eigenvalue weighted by Crippen LogP contribution is -2.48. The van der Waals surface area contributed by atoms with E-state index in [9.17, 15) is 9.59 Å². The summed E-state index contributed by atoms with van der Waals surface area (Å²) in [5.74, 6) is 2.94. The van der Waals surface area contributed by atoms with E-state index >= 15 is 0 Å². The number of nitrogens with one attached hydrogen (secondary N) is 3.